The summed E-state index contributed by atoms with van der Waals surface area (Å²) in [6.45, 7) is 2.16. The van der Waals surface area contributed by atoms with Gasteiger partial charge in [-0.05, 0) is 73.8 Å². The summed E-state index contributed by atoms with van der Waals surface area (Å²) < 4.78 is 0. The molecule has 0 bridgehead atoms. The molecular formula is C20H26O3. The molecule has 4 aliphatic carbocycles. The minimum atomic E-state index is -0.994. The first-order valence-electron chi connectivity index (χ1n) is 9.02. The first-order valence-corrected chi connectivity index (χ1v) is 9.02. The van der Waals surface area contributed by atoms with Crippen LogP contribution in [0.3, 0.4) is 0 Å². The predicted molar refractivity (Wildman–Crippen MR) is 87.3 cm³/mol. The highest BCUT2D eigenvalue weighted by Crippen LogP contribution is 2.64. The van der Waals surface area contributed by atoms with Crippen LogP contribution in [0.1, 0.15) is 51.9 Å². The van der Waals surface area contributed by atoms with Crippen molar-refractivity contribution in [1.29, 1.82) is 0 Å². The number of carbonyl (C=O) groups is 1. The van der Waals surface area contributed by atoms with Gasteiger partial charge in [0.05, 0.1) is 6.10 Å². The molecule has 4 rings (SSSR count). The summed E-state index contributed by atoms with van der Waals surface area (Å²) in [6.07, 6.45) is 12.7. The first-order chi connectivity index (χ1) is 10.9. The lowest BCUT2D eigenvalue weighted by molar-refractivity contribution is -0.118. The zero-order valence-corrected chi connectivity index (χ0v) is 13.8. The van der Waals surface area contributed by atoms with Crippen LogP contribution in [0.25, 0.3) is 0 Å². The van der Waals surface area contributed by atoms with E-state index < -0.39 is 11.7 Å². The van der Waals surface area contributed by atoms with Gasteiger partial charge in [-0.2, -0.15) is 0 Å². The molecule has 3 fully saturated rings. The second kappa shape index (κ2) is 4.94. The summed E-state index contributed by atoms with van der Waals surface area (Å²) in [6, 6.07) is 0. The Labute approximate surface area is 138 Å². The molecule has 0 radical (unpaired) electrons. The SMILES string of the molecule is C#C[C@]1(O)CC[C@H]2[C@@H]3C[C@H](O)C4=CC(=O)CC[C@@H]4[C@H]3CC[C@@]21C. The van der Waals surface area contributed by atoms with E-state index in [0.717, 1.165) is 37.7 Å². The van der Waals surface area contributed by atoms with E-state index in [1.807, 2.05) is 0 Å². The van der Waals surface area contributed by atoms with Gasteiger partial charge in [-0.3, -0.25) is 4.79 Å². The Hall–Kier alpha value is -1.11. The fraction of sp³-hybridized carbons (Fsp3) is 0.750. The zero-order chi connectivity index (χ0) is 16.4. The Morgan fingerprint density at radius 3 is 2.78 bits per heavy atom. The standard InChI is InChI=1S/C20H26O3/c1-3-20(23)9-7-17-15-11-18(22)16-10-12(21)4-5-13(16)14(15)6-8-19(17,20)2/h1,10,13-15,17-18,22-23H,4-9,11H2,2H3/t13-,14-,15-,17+,18+,19+,20+/m1/s1. The molecule has 0 spiro atoms. The fourth-order valence-corrected chi connectivity index (χ4v) is 6.44. The van der Waals surface area contributed by atoms with Crippen molar-refractivity contribution in [2.45, 2.75) is 63.6 Å². The van der Waals surface area contributed by atoms with Gasteiger partial charge in [-0.1, -0.05) is 12.8 Å². The van der Waals surface area contributed by atoms with Crippen LogP contribution in [0.15, 0.2) is 11.6 Å². The van der Waals surface area contributed by atoms with Gasteiger partial charge < -0.3 is 10.2 Å². The van der Waals surface area contributed by atoms with E-state index in [4.69, 9.17) is 6.42 Å². The lowest BCUT2D eigenvalue weighted by atomic mass is 9.50. The minimum Gasteiger partial charge on any atom is -0.389 e. The van der Waals surface area contributed by atoms with Gasteiger partial charge in [-0.25, -0.2) is 0 Å². The summed E-state index contributed by atoms with van der Waals surface area (Å²) in [5.41, 5.74) is -0.239. The Bertz CT molecular complexity index is 615. The molecule has 2 N–H and O–H groups in total. The number of aliphatic hydroxyl groups excluding tert-OH is 1. The molecule has 0 aromatic heterocycles. The van der Waals surface area contributed by atoms with Gasteiger partial charge in [0.1, 0.15) is 5.60 Å². The van der Waals surface area contributed by atoms with E-state index in [1.54, 1.807) is 6.08 Å². The second-order valence-electron chi connectivity index (χ2n) is 8.44. The maximum absolute atomic E-state index is 11.7. The average molecular weight is 314 g/mol. The molecule has 0 unspecified atom stereocenters. The number of carbonyl (C=O) groups excluding carboxylic acids is 1. The molecule has 3 saturated carbocycles. The third-order valence-electron chi connectivity index (χ3n) is 7.74. The number of hydrogen-bond donors (Lipinski definition) is 2. The van der Waals surface area contributed by atoms with Crippen molar-refractivity contribution in [3.8, 4) is 12.3 Å². The molecular weight excluding hydrogens is 288 g/mol. The Kier molecular flexibility index (Phi) is 3.31. The third-order valence-corrected chi connectivity index (χ3v) is 7.74. The van der Waals surface area contributed by atoms with E-state index in [0.29, 0.717) is 36.5 Å². The molecule has 0 amide bonds. The van der Waals surface area contributed by atoms with Gasteiger partial charge >= 0.3 is 0 Å². The van der Waals surface area contributed by atoms with Crippen LogP contribution in [-0.2, 0) is 4.79 Å². The number of rotatable bonds is 0. The van der Waals surface area contributed by atoms with Crippen molar-refractivity contribution in [2.75, 3.05) is 0 Å². The second-order valence-corrected chi connectivity index (χ2v) is 8.44. The number of ketones is 1. The number of aliphatic hydroxyl groups is 2. The number of hydrogen-bond acceptors (Lipinski definition) is 3. The van der Waals surface area contributed by atoms with Crippen LogP contribution in [0.5, 0.6) is 0 Å². The monoisotopic (exact) mass is 314 g/mol. The highest BCUT2D eigenvalue weighted by Gasteiger charge is 2.62. The average Bonchev–Trinajstić information content (AvgIpc) is 2.80. The van der Waals surface area contributed by atoms with Crippen LogP contribution in [-0.4, -0.2) is 27.7 Å². The smallest absolute Gasteiger partial charge is 0.155 e. The largest absolute Gasteiger partial charge is 0.389 e. The van der Waals surface area contributed by atoms with Crippen LogP contribution < -0.4 is 0 Å². The molecule has 0 aromatic rings. The molecule has 3 nitrogen and oxygen atoms in total. The van der Waals surface area contributed by atoms with Crippen LogP contribution in [0.2, 0.25) is 0 Å². The molecule has 0 heterocycles. The lowest BCUT2D eigenvalue weighted by Crippen LogP contribution is -2.53. The molecule has 0 aromatic carbocycles. The highest BCUT2D eigenvalue weighted by molar-refractivity contribution is 5.91. The van der Waals surface area contributed by atoms with Crippen molar-refractivity contribution >= 4 is 5.78 Å². The fourth-order valence-electron chi connectivity index (χ4n) is 6.44. The number of terminal acetylenes is 1. The lowest BCUT2D eigenvalue weighted by Gasteiger charge is -2.55. The maximum Gasteiger partial charge on any atom is 0.155 e. The summed E-state index contributed by atoms with van der Waals surface area (Å²) in [4.78, 5) is 11.7. The van der Waals surface area contributed by atoms with Crippen molar-refractivity contribution in [3.05, 3.63) is 11.6 Å². The van der Waals surface area contributed by atoms with E-state index >= 15 is 0 Å². The Morgan fingerprint density at radius 1 is 1.26 bits per heavy atom. The minimum absolute atomic E-state index is 0.164. The van der Waals surface area contributed by atoms with E-state index in [9.17, 15) is 15.0 Å². The molecule has 7 atom stereocenters. The molecule has 3 heteroatoms. The predicted octanol–water partition coefficient (Wildman–Crippen LogP) is 2.46. The zero-order valence-electron chi connectivity index (χ0n) is 13.8. The van der Waals surface area contributed by atoms with Crippen molar-refractivity contribution in [3.63, 3.8) is 0 Å². The summed E-state index contributed by atoms with van der Waals surface area (Å²) >= 11 is 0. The van der Waals surface area contributed by atoms with E-state index in [1.165, 1.54) is 0 Å². The van der Waals surface area contributed by atoms with Crippen LogP contribution in [0, 0.1) is 41.4 Å². The van der Waals surface area contributed by atoms with Gasteiger partial charge in [0.2, 0.25) is 0 Å². The summed E-state index contributed by atoms with van der Waals surface area (Å²) in [5.74, 6) is 4.54. The Morgan fingerprint density at radius 2 is 2.04 bits per heavy atom. The van der Waals surface area contributed by atoms with Gasteiger partial charge in [0, 0.05) is 11.8 Å². The first kappa shape index (κ1) is 15.4. The normalized spacial score (nSPS) is 52.0. The van der Waals surface area contributed by atoms with Gasteiger partial charge in [-0.15, -0.1) is 6.42 Å². The van der Waals surface area contributed by atoms with E-state index in [2.05, 4.69) is 12.8 Å². The molecule has 124 valence electrons. The van der Waals surface area contributed by atoms with Gasteiger partial charge in [0.15, 0.2) is 5.78 Å². The van der Waals surface area contributed by atoms with Crippen molar-refractivity contribution in [1.82, 2.24) is 0 Å². The molecule has 4 aliphatic rings. The van der Waals surface area contributed by atoms with E-state index in [-0.39, 0.29) is 11.2 Å². The van der Waals surface area contributed by atoms with Crippen LogP contribution in [0.4, 0.5) is 0 Å². The molecule has 0 saturated heterocycles. The van der Waals surface area contributed by atoms with Crippen molar-refractivity contribution in [2.24, 2.45) is 29.1 Å². The third kappa shape index (κ3) is 1.95. The summed E-state index contributed by atoms with van der Waals surface area (Å²) in [7, 11) is 0. The van der Waals surface area contributed by atoms with Crippen molar-refractivity contribution < 1.29 is 15.0 Å². The highest BCUT2D eigenvalue weighted by atomic mass is 16.3. The number of fused-ring (bicyclic) bond motifs is 5. The summed E-state index contributed by atoms with van der Waals surface area (Å²) in [5, 5.41) is 21.6. The molecule has 0 aliphatic heterocycles. The molecule has 23 heavy (non-hydrogen) atoms. The Balaban J connectivity index is 1.69. The topological polar surface area (TPSA) is 57.5 Å². The van der Waals surface area contributed by atoms with Gasteiger partial charge in [0.25, 0.3) is 0 Å². The quantitative estimate of drug-likeness (QED) is 0.675. The van der Waals surface area contributed by atoms with Crippen LogP contribution >= 0.6 is 0 Å². The maximum atomic E-state index is 11.7.